The first-order valence-electron chi connectivity index (χ1n) is 3.86. The van der Waals surface area contributed by atoms with E-state index in [4.69, 9.17) is 5.73 Å². The number of nitrogens with zero attached hydrogens (tertiary/aromatic N) is 1. The van der Waals surface area contributed by atoms with Crippen molar-refractivity contribution in [2.24, 2.45) is 0 Å². The number of benzene rings is 1. The number of halogens is 3. The van der Waals surface area contributed by atoms with Crippen LogP contribution in [0.4, 0.5) is 19.0 Å². The summed E-state index contributed by atoms with van der Waals surface area (Å²) in [6, 6.07) is 3.57. The quantitative estimate of drug-likeness (QED) is 0.797. The number of ether oxygens (including phenoxy) is 1. The van der Waals surface area contributed by atoms with E-state index in [0.29, 0.717) is 5.39 Å². The second-order valence-corrected chi connectivity index (χ2v) is 2.77. The molecule has 0 amide bonds. The Morgan fingerprint density at radius 3 is 2.73 bits per heavy atom. The van der Waals surface area contributed by atoms with E-state index in [1.54, 1.807) is 0 Å². The fourth-order valence-electron chi connectivity index (χ4n) is 1.13. The summed E-state index contributed by atoms with van der Waals surface area (Å²) in [5, 5.41) is 3.85. The number of anilines is 1. The average molecular weight is 218 g/mol. The highest BCUT2D eigenvalue weighted by Gasteiger charge is 2.31. The Labute approximate surface area is 81.4 Å². The van der Waals surface area contributed by atoms with Gasteiger partial charge >= 0.3 is 6.36 Å². The van der Waals surface area contributed by atoms with E-state index in [1.165, 1.54) is 6.07 Å². The molecule has 0 aliphatic carbocycles. The minimum absolute atomic E-state index is 0.128. The molecule has 0 fully saturated rings. The SMILES string of the molecule is Nc1noc2cc(OC(F)(F)F)ccc12. The highest BCUT2D eigenvalue weighted by atomic mass is 19.4. The van der Waals surface area contributed by atoms with Crippen LogP contribution in [-0.2, 0) is 0 Å². The van der Waals surface area contributed by atoms with E-state index < -0.39 is 6.36 Å². The summed E-state index contributed by atoms with van der Waals surface area (Å²) in [4.78, 5) is 0. The van der Waals surface area contributed by atoms with E-state index in [-0.39, 0.29) is 17.2 Å². The molecule has 1 aromatic carbocycles. The Balaban J connectivity index is 2.39. The number of hydrogen-bond donors (Lipinski definition) is 1. The van der Waals surface area contributed by atoms with Gasteiger partial charge in [-0.3, -0.25) is 0 Å². The van der Waals surface area contributed by atoms with E-state index in [2.05, 4.69) is 14.4 Å². The monoisotopic (exact) mass is 218 g/mol. The van der Waals surface area contributed by atoms with Crippen molar-refractivity contribution in [2.45, 2.75) is 6.36 Å². The molecule has 2 rings (SSSR count). The third-order valence-corrected chi connectivity index (χ3v) is 1.70. The predicted molar refractivity (Wildman–Crippen MR) is 45.1 cm³/mol. The molecular weight excluding hydrogens is 213 g/mol. The Hall–Kier alpha value is -1.92. The van der Waals surface area contributed by atoms with Crippen molar-refractivity contribution in [3.8, 4) is 5.75 Å². The number of aromatic nitrogens is 1. The first-order valence-corrected chi connectivity index (χ1v) is 3.86. The van der Waals surface area contributed by atoms with E-state index in [0.717, 1.165) is 12.1 Å². The lowest BCUT2D eigenvalue weighted by Crippen LogP contribution is -2.16. The van der Waals surface area contributed by atoms with Gasteiger partial charge in [-0.25, -0.2) is 0 Å². The van der Waals surface area contributed by atoms with Crippen LogP contribution in [0.3, 0.4) is 0 Å². The van der Waals surface area contributed by atoms with Crippen LogP contribution in [0.25, 0.3) is 11.0 Å². The highest BCUT2D eigenvalue weighted by Crippen LogP contribution is 2.28. The van der Waals surface area contributed by atoms with E-state index in [1.807, 2.05) is 0 Å². The fraction of sp³-hybridized carbons (Fsp3) is 0.125. The molecular formula is C8H5F3N2O2. The molecule has 80 valence electrons. The predicted octanol–water partition coefficient (Wildman–Crippen LogP) is 2.31. The van der Waals surface area contributed by atoms with Crippen molar-refractivity contribution in [1.82, 2.24) is 5.16 Å². The lowest BCUT2D eigenvalue weighted by atomic mass is 10.2. The second kappa shape index (κ2) is 3.04. The molecule has 0 aliphatic rings. The first-order chi connectivity index (χ1) is 6.96. The standard InChI is InChI=1S/C8H5F3N2O2/c9-8(10,11)14-4-1-2-5-6(3-4)15-13-7(5)12/h1-3H,(H2,12,13). The van der Waals surface area contributed by atoms with Crippen LogP contribution >= 0.6 is 0 Å². The van der Waals surface area contributed by atoms with Gasteiger partial charge in [-0.05, 0) is 12.1 Å². The summed E-state index contributed by atoms with van der Waals surface area (Å²) >= 11 is 0. The Morgan fingerprint density at radius 1 is 1.33 bits per heavy atom. The minimum Gasteiger partial charge on any atom is -0.406 e. The summed E-state index contributed by atoms with van der Waals surface area (Å²) in [6.07, 6.45) is -4.72. The third kappa shape index (κ3) is 1.95. The lowest BCUT2D eigenvalue weighted by molar-refractivity contribution is -0.274. The second-order valence-electron chi connectivity index (χ2n) is 2.77. The number of nitrogen functional groups attached to an aromatic ring is 1. The molecule has 0 atom stereocenters. The van der Waals surface area contributed by atoms with Gasteiger partial charge in [0.15, 0.2) is 11.4 Å². The van der Waals surface area contributed by atoms with Crippen LogP contribution in [0.2, 0.25) is 0 Å². The summed E-state index contributed by atoms with van der Waals surface area (Å²) in [7, 11) is 0. The van der Waals surface area contributed by atoms with Crippen molar-refractivity contribution in [3.05, 3.63) is 18.2 Å². The largest absolute Gasteiger partial charge is 0.573 e. The molecule has 0 bridgehead atoms. The van der Waals surface area contributed by atoms with Gasteiger partial charge in [0.2, 0.25) is 0 Å². The van der Waals surface area contributed by atoms with Crippen molar-refractivity contribution < 1.29 is 22.4 Å². The average Bonchev–Trinajstić information content (AvgIpc) is 2.45. The zero-order valence-corrected chi connectivity index (χ0v) is 7.21. The topological polar surface area (TPSA) is 61.3 Å². The van der Waals surface area contributed by atoms with Crippen LogP contribution in [-0.4, -0.2) is 11.5 Å². The van der Waals surface area contributed by atoms with Crippen molar-refractivity contribution in [3.63, 3.8) is 0 Å². The molecule has 15 heavy (non-hydrogen) atoms. The molecule has 4 nitrogen and oxygen atoms in total. The van der Waals surface area contributed by atoms with E-state index in [9.17, 15) is 13.2 Å². The molecule has 1 heterocycles. The summed E-state index contributed by atoms with van der Waals surface area (Å²) in [5.74, 6) is -0.241. The van der Waals surface area contributed by atoms with Crippen LogP contribution in [0.15, 0.2) is 22.7 Å². The smallest absolute Gasteiger partial charge is 0.406 e. The maximum Gasteiger partial charge on any atom is 0.573 e. The maximum absolute atomic E-state index is 11.9. The van der Waals surface area contributed by atoms with Gasteiger partial charge in [0.25, 0.3) is 0 Å². The number of fused-ring (bicyclic) bond motifs is 1. The number of rotatable bonds is 1. The zero-order chi connectivity index (χ0) is 11.1. The molecule has 0 saturated carbocycles. The van der Waals surface area contributed by atoms with Gasteiger partial charge in [0, 0.05) is 6.07 Å². The molecule has 0 radical (unpaired) electrons. The Bertz CT molecular complexity index is 492. The minimum atomic E-state index is -4.72. The molecule has 2 aromatic rings. The molecule has 0 spiro atoms. The molecule has 2 N–H and O–H groups in total. The van der Waals surface area contributed by atoms with Gasteiger partial charge in [-0.1, -0.05) is 5.16 Å². The fourth-order valence-corrected chi connectivity index (χ4v) is 1.13. The summed E-state index contributed by atoms with van der Waals surface area (Å²) in [5.41, 5.74) is 5.53. The van der Waals surface area contributed by atoms with E-state index >= 15 is 0 Å². The Kier molecular flexibility index (Phi) is 1.95. The summed E-state index contributed by atoms with van der Waals surface area (Å²) in [6.45, 7) is 0. The van der Waals surface area contributed by atoms with Gasteiger partial charge in [-0.15, -0.1) is 13.2 Å². The van der Waals surface area contributed by atoms with Crippen LogP contribution < -0.4 is 10.5 Å². The van der Waals surface area contributed by atoms with Crippen molar-refractivity contribution in [2.75, 3.05) is 5.73 Å². The van der Waals surface area contributed by atoms with Gasteiger partial charge in [0.05, 0.1) is 5.39 Å². The van der Waals surface area contributed by atoms with Gasteiger partial charge in [0.1, 0.15) is 5.75 Å². The van der Waals surface area contributed by atoms with Crippen molar-refractivity contribution in [1.29, 1.82) is 0 Å². The van der Waals surface area contributed by atoms with Crippen LogP contribution in [0.1, 0.15) is 0 Å². The molecule has 0 unspecified atom stereocenters. The highest BCUT2D eigenvalue weighted by molar-refractivity contribution is 5.87. The molecule has 7 heteroatoms. The lowest BCUT2D eigenvalue weighted by Gasteiger charge is -2.07. The van der Waals surface area contributed by atoms with Gasteiger partial charge in [-0.2, -0.15) is 0 Å². The first kappa shape index (κ1) is 9.63. The summed E-state index contributed by atoms with van der Waals surface area (Å²) < 4.78 is 43.9. The number of nitrogens with two attached hydrogens (primary N) is 1. The number of alkyl halides is 3. The third-order valence-electron chi connectivity index (χ3n) is 1.70. The van der Waals surface area contributed by atoms with Crippen LogP contribution in [0.5, 0.6) is 5.75 Å². The molecule has 0 aliphatic heterocycles. The molecule has 0 saturated heterocycles. The Morgan fingerprint density at radius 2 is 2.07 bits per heavy atom. The molecule has 1 aromatic heterocycles. The zero-order valence-electron chi connectivity index (χ0n) is 7.21. The normalized spacial score (nSPS) is 11.9. The maximum atomic E-state index is 11.9. The van der Waals surface area contributed by atoms with Crippen LogP contribution in [0, 0.1) is 0 Å². The number of hydrogen-bond acceptors (Lipinski definition) is 4. The van der Waals surface area contributed by atoms with Crippen molar-refractivity contribution >= 4 is 16.8 Å². The van der Waals surface area contributed by atoms with Gasteiger partial charge < -0.3 is 15.0 Å².